The molecule has 0 aliphatic heterocycles. The van der Waals surface area contributed by atoms with Crippen LogP contribution in [0.4, 0.5) is 0 Å². The van der Waals surface area contributed by atoms with Gasteiger partial charge < -0.3 is 9.47 Å². The van der Waals surface area contributed by atoms with Crippen molar-refractivity contribution < 1.29 is 14.3 Å². The molecule has 1 saturated carbocycles. The highest BCUT2D eigenvalue weighted by Gasteiger charge is 2.37. The van der Waals surface area contributed by atoms with Gasteiger partial charge in [0.2, 0.25) is 0 Å². The molecular weight excluding hydrogens is 288 g/mol. The lowest BCUT2D eigenvalue weighted by Gasteiger charge is -2.30. The van der Waals surface area contributed by atoms with Crippen LogP contribution in [0.2, 0.25) is 0 Å². The summed E-state index contributed by atoms with van der Waals surface area (Å²) < 4.78 is 10.4. The molecule has 0 unspecified atom stereocenters. The van der Waals surface area contributed by atoms with Gasteiger partial charge in [0.15, 0.2) is 0 Å². The van der Waals surface area contributed by atoms with E-state index in [2.05, 4.69) is 24.3 Å². The van der Waals surface area contributed by atoms with Gasteiger partial charge in [-0.15, -0.1) is 0 Å². The van der Waals surface area contributed by atoms with Crippen molar-refractivity contribution in [3.63, 3.8) is 0 Å². The highest BCUT2D eigenvalue weighted by atomic mass is 16.5. The molecule has 2 aromatic rings. The highest BCUT2D eigenvalue weighted by molar-refractivity contribution is 5.69. The highest BCUT2D eigenvalue weighted by Crippen LogP contribution is 2.46. The number of benzene rings is 2. The molecule has 0 saturated heterocycles. The summed E-state index contributed by atoms with van der Waals surface area (Å²) in [4.78, 5) is 11.1. The maximum atomic E-state index is 11.1. The third-order valence-corrected chi connectivity index (χ3v) is 4.77. The Bertz CT molecular complexity index is 665. The number of esters is 1. The van der Waals surface area contributed by atoms with Crippen molar-refractivity contribution in [2.45, 2.75) is 38.0 Å². The molecule has 120 valence electrons. The van der Waals surface area contributed by atoms with E-state index >= 15 is 0 Å². The molecule has 3 rings (SSSR count). The maximum Gasteiger partial charge on any atom is 0.308 e. The predicted molar refractivity (Wildman–Crippen MR) is 90.0 cm³/mol. The van der Waals surface area contributed by atoms with Gasteiger partial charge in [0.1, 0.15) is 11.5 Å². The van der Waals surface area contributed by atoms with E-state index in [4.69, 9.17) is 9.47 Å². The summed E-state index contributed by atoms with van der Waals surface area (Å²) >= 11 is 0. The second-order valence-electron chi connectivity index (χ2n) is 6.14. The summed E-state index contributed by atoms with van der Waals surface area (Å²) in [5, 5.41) is 0. The lowest BCUT2D eigenvalue weighted by atomic mass is 9.73. The quantitative estimate of drug-likeness (QED) is 0.617. The number of carbonyl (C=O) groups is 1. The van der Waals surface area contributed by atoms with E-state index in [0.717, 1.165) is 18.6 Å². The Morgan fingerprint density at radius 2 is 1.35 bits per heavy atom. The molecule has 3 nitrogen and oxygen atoms in total. The number of rotatable bonds is 4. The summed E-state index contributed by atoms with van der Waals surface area (Å²) in [6, 6.07) is 16.4. The van der Waals surface area contributed by atoms with Gasteiger partial charge in [0, 0.05) is 12.3 Å². The van der Waals surface area contributed by atoms with Crippen molar-refractivity contribution in [2.75, 3.05) is 7.11 Å². The molecule has 3 heteroatoms. The first-order valence-electron chi connectivity index (χ1n) is 8.07. The Morgan fingerprint density at radius 1 is 0.870 bits per heavy atom. The molecule has 0 heterocycles. The number of hydrogen-bond donors (Lipinski definition) is 0. The molecule has 0 radical (unpaired) electrons. The van der Waals surface area contributed by atoms with Gasteiger partial charge in [0.05, 0.1) is 7.11 Å². The monoisotopic (exact) mass is 310 g/mol. The minimum absolute atomic E-state index is 0.0566. The molecule has 0 bridgehead atoms. The fourth-order valence-electron chi connectivity index (χ4n) is 3.64. The minimum atomic E-state index is -0.288. The smallest absolute Gasteiger partial charge is 0.308 e. The zero-order valence-electron chi connectivity index (χ0n) is 13.7. The zero-order valence-corrected chi connectivity index (χ0v) is 13.7. The number of ether oxygens (including phenoxy) is 2. The molecule has 23 heavy (non-hydrogen) atoms. The predicted octanol–water partition coefficient (Wildman–Crippen LogP) is 4.48. The van der Waals surface area contributed by atoms with Gasteiger partial charge in [-0.1, -0.05) is 37.1 Å². The second-order valence-corrected chi connectivity index (χ2v) is 6.14. The summed E-state index contributed by atoms with van der Waals surface area (Å²) in [6.45, 7) is 1.42. The normalized spacial score (nSPS) is 16.1. The van der Waals surface area contributed by atoms with Crippen LogP contribution in [0.25, 0.3) is 0 Å². The molecule has 1 aliphatic rings. The van der Waals surface area contributed by atoms with Crippen LogP contribution in [0.5, 0.6) is 11.5 Å². The van der Waals surface area contributed by atoms with Crippen LogP contribution in [0, 0.1) is 0 Å². The summed E-state index contributed by atoms with van der Waals surface area (Å²) in [7, 11) is 1.69. The standard InChI is InChI=1S/C20H22O3/c1-15(21)23-19-11-7-17(8-12-19)20(13-3-4-14-20)16-5-9-18(22-2)10-6-16/h5-12H,3-4,13-14H2,1-2H3. The van der Waals surface area contributed by atoms with Gasteiger partial charge in [-0.3, -0.25) is 4.79 Å². The van der Waals surface area contributed by atoms with E-state index in [1.54, 1.807) is 7.11 Å². The average Bonchev–Trinajstić information content (AvgIpc) is 3.06. The molecule has 0 amide bonds. The van der Waals surface area contributed by atoms with Gasteiger partial charge in [-0.2, -0.15) is 0 Å². The van der Waals surface area contributed by atoms with Crippen LogP contribution in [0.15, 0.2) is 48.5 Å². The van der Waals surface area contributed by atoms with Gasteiger partial charge in [0.25, 0.3) is 0 Å². The van der Waals surface area contributed by atoms with Gasteiger partial charge in [-0.05, 0) is 48.2 Å². The van der Waals surface area contributed by atoms with Crippen LogP contribution in [-0.2, 0) is 10.2 Å². The third kappa shape index (κ3) is 3.09. The van der Waals surface area contributed by atoms with Crippen molar-refractivity contribution >= 4 is 5.97 Å². The molecular formula is C20H22O3. The van der Waals surface area contributed by atoms with E-state index in [0.29, 0.717) is 5.75 Å². The molecule has 0 aromatic heterocycles. The van der Waals surface area contributed by atoms with Crippen LogP contribution in [-0.4, -0.2) is 13.1 Å². The van der Waals surface area contributed by atoms with Gasteiger partial charge >= 0.3 is 5.97 Å². The van der Waals surface area contributed by atoms with Crippen molar-refractivity contribution in [3.8, 4) is 11.5 Å². The van der Waals surface area contributed by atoms with Crippen LogP contribution < -0.4 is 9.47 Å². The van der Waals surface area contributed by atoms with Crippen molar-refractivity contribution in [3.05, 3.63) is 59.7 Å². The summed E-state index contributed by atoms with van der Waals surface area (Å²) in [5.74, 6) is 1.19. The fraction of sp³-hybridized carbons (Fsp3) is 0.350. The fourth-order valence-corrected chi connectivity index (χ4v) is 3.64. The lowest BCUT2D eigenvalue weighted by Crippen LogP contribution is -2.23. The Morgan fingerprint density at radius 3 is 1.78 bits per heavy atom. The third-order valence-electron chi connectivity index (χ3n) is 4.77. The molecule has 1 aliphatic carbocycles. The molecule has 0 spiro atoms. The zero-order chi connectivity index (χ0) is 16.3. The van der Waals surface area contributed by atoms with E-state index in [9.17, 15) is 4.79 Å². The first-order chi connectivity index (χ1) is 11.1. The lowest BCUT2D eigenvalue weighted by molar-refractivity contribution is -0.131. The molecule has 2 aromatic carbocycles. The first-order valence-corrected chi connectivity index (χ1v) is 8.07. The number of methoxy groups -OCH3 is 1. The Labute approximate surface area is 137 Å². The average molecular weight is 310 g/mol. The van der Waals surface area contributed by atoms with E-state index in [1.807, 2.05) is 24.3 Å². The van der Waals surface area contributed by atoms with Crippen molar-refractivity contribution in [1.29, 1.82) is 0 Å². The summed E-state index contributed by atoms with van der Waals surface area (Å²) in [5.41, 5.74) is 2.67. The van der Waals surface area contributed by atoms with E-state index in [1.165, 1.54) is 30.9 Å². The minimum Gasteiger partial charge on any atom is -0.497 e. The molecule has 0 atom stereocenters. The maximum absolute atomic E-state index is 11.1. The van der Waals surface area contributed by atoms with E-state index in [-0.39, 0.29) is 11.4 Å². The van der Waals surface area contributed by atoms with Crippen molar-refractivity contribution in [2.24, 2.45) is 0 Å². The topological polar surface area (TPSA) is 35.5 Å². The van der Waals surface area contributed by atoms with E-state index < -0.39 is 0 Å². The largest absolute Gasteiger partial charge is 0.497 e. The van der Waals surface area contributed by atoms with Crippen LogP contribution in [0.3, 0.4) is 0 Å². The SMILES string of the molecule is COc1ccc(C2(c3ccc(OC(C)=O)cc3)CCCC2)cc1. The molecule has 0 N–H and O–H groups in total. The van der Waals surface area contributed by atoms with Crippen LogP contribution in [0.1, 0.15) is 43.7 Å². The van der Waals surface area contributed by atoms with Crippen molar-refractivity contribution in [1.82, 2.24) is 0 Å². The second kappa shape index (κ2) is 6.45. The number of hydrogen-bond acceptors (Lipinski definition) is 3. The Balaban J connectivity index is 1.95. The molecule has 1 fully saturated rings. The number of carbonyl (C=O) groups excluding carboxylic acids is 1. The Hall–Kier alpha value is -2.29. The van der Waals surface area contributed by atoms with Gasteiger partial charge in [-0.25, -0.2) is 0 Å². The first kappa shape index (κ1) is 15.6. The Kier molecular flexibility index (Phi) is 4.37. The van der Waals surface area contributed by atoms with Crippen LogP contribution >= 0.6 is 0 Å². The summed E-state index contributed by atoms with van der Waals surface area (Å²) in [6.07, 6.45) is 4.76.